The number of alkyl carbamates (subject to hydrolysis) is 1. The molecule has 49 heavy (non-hydrogen) atoms. The van der Waals surface area contributed by atoms with Gasteiger partial charge in [-0.1, -0.05) is 41.0 Å². The third-order valence-corrected chi connectivity index (χ3v) is 15.4. The largest absolute Gasteiger partial charge is 0.444 e. The van der Waals surface area contributed by atoms with Gasteiger partial charge in [0.2, 0.25) is 5.91 Å². The summed E-state index contributed by atoms with van der Waals surface area (Å²) >= 11 is 0. The normalized spacial score (nSPS) is 43.2. The van der Waals surface area contributed by atoms with Gasteiger partial charge in [-0.15, -0.1) is 0 Å². The van der Waals surface area contributed by atoms with Crippen LogP contribution in [0.25, 0.3) is 0 Å². The van der Waals surface area contributed by atoms with Crippen LogP contribution in [0.2, 0.25) is 0 Å². The SMILES string of the molecule is CC(C)(C)OC(=O)NCCCCCC(=O)N[C@H]1CC[C@]2(C)[C@H]3C[C@@H](O)[C@@H]4C([C@]5(C)CC[C@H](C(C)(C)O)O5)CC[C@@]4(C)[C@]3(C)CC[C@H]2C1(C)C. The number of nitrogens with one attached hydrogen (secondary N) is 2. The zero-order chi connectivity index (χ0) is 36.4. The van der Waals surface area contributed by atoms with Crippen LogP contribution >= 0.6 is 0 Å². The van der Waals surface area contributed by atoms with Crippen LogP contribution in [-0.2, 0) is 14.3 Å². The minimum absolute atomic E-state index is 0.0325. The minimum atomic E-state index is -0.859. The highest BCUT2D eigenvalue weighted by molar-refractivity contribution is 5.76. The maximum absolute atomic E-state index is 13.2. The number of carbonyl (C=O) groups is 2. The Balaban J connectivity index is 1.20. The summed E-state index contributed by atoms with van der Waals surface area (Å²) in [4.78, 5) is 25.1. The molecule has 0 aromatic carbocycles. The van der Waals surface area contributed by atoms with Crippen molar-refractivity contribution in [2.45, 2.75) is 195 Å². The number of aliphatic hydroxyl groups excluding tert-OH is 1. The average Bonchev–Trinajstić information content (AvgIpc) is 3.56. The molecule has 1 heterocycles. The monoisotopic (exact) mass is 689 g/mol. The van der Waals surface area contributed by atoms with Crippen LogP contribution in [0, 0.1) is 45.3 Å². The maximum Gasteiger partial charge on any atom is 0.407 e. The van der Waals surface area contributed by atoms with Crippen LogP contribution in [0.15, 0.2) is 0 Å². The molecule has 5 rings (SSSR count). The summed E-state index contributed by atoms with van der Waals surface area (Å²) in [6.07, 6.45) is 11.3. The van der Waals surface area contributed by atoms with E-state index in [9.17, 15) is 19.8 Å². The summed E-state index contributed by atoms with van der Waals surface area (Å²) in [7, 11) is 0. The van der Waals surface area contributed by atoms with E-state index >= 15 is 0 Å². The number of unbranched alkanes of at least 4 members (excludes halogenated alkanes) is 2. The molecule has 5 aliphatic rings. The van der Waals surface area contributed by atoms with Crippen LogP contribution in [0.5, 0.6) is 0 Å². The van der Waals surface area contributed by atoms with E-state index in [2.05, 4.69) is 52.2 Å². The fraction of sp³-hybridized carbons (Fsp3) is 0.951. The molecule has 1 aliphatic heterocycles. The Morgan fingerprint density at radius 3 is 2.14 bits per heavy atom. The van der Waals surface area contributed by atoms with Gasteiger partial charge in [0.05, 0.1) is 23.4 Å². The Kier molecular flexibility index (Phi) is 10.5. The zero-order valence-corrected chi connectivity index (χ0v) is 33.0. The van der Waals surface area contributed by atoms with Gasteiger partial charge in [-0.05, 0) is 158 Å². The molecule has 8 heteroatoms. The van der Waals surface area contributed by atoms with Crippen LogP contribution < -0.4 is 10.6 Å². The second kappa shape index (κ2) is 13.2. The molecular formula is C41H72N2O6. The number of aliphatic hydroxyl groups is 2. The van der Waals surface area contributed by atoms with E-state index in [0.29, 0.717) is 30.7 Å². The molecule has 1 saturated heterocycles. The molecule has 1 unspecified atom stereocenters. The van der Waals surface area contributed by atoms with E-state index in [0.717, 1.165) is 77.0 Å². The lowest BCUT2D eigenvalue weighted by atomic mass is 9.35. The number of rotatable bonds is 9. The summed E-state index contributed by atoms with van der Waals surface area (Å²) in [5, 5.41) is 29.2. The number of amides is 2. The first-order valence-corrected chi connectivity index (χ1v) is 19.8. The molecule has 11 atom stereocenters. The predicted octanol–water partition coefficient (Wildman–Crippen LogP) is 7.92. The Morgan fingerprint density at radius 2 is 1.51 bits per heavy atom. The molecule has 4 saturated carbocycles. The molecule has 2 amide bonds. The molecule has 0 bridgehead atoms. The van der Waals surface area contributed by atoms with Crippen LogP contribution in [-0.4, -0.2) is 63.8 Å². The van der Waals surface area contributed by atoms with Crippen molar-refractivity contribution in [2.75, 3.05) is 6.54 Å². The Bertz CT molecular complexity index is 1220. The molecular weight excluding hydrogens is 616 g/mol. The number of fused-ring (bicyclic) bond motifs is 5. The summed E-state index contributed by atoms with van der Waals surface area (Å²) in [5.74, 6) is 1.55. The van der Waals surface area contributed by atoms with E-state index < -0.39 is 17.3 Å². The van der Waals surface area contributed by atoms with E-state index in [4.69, 9.17) is 9.47 Å². The van der Waals surface area contributed by atoms with Crippen molar-refractivity contribution in [3.8, 4) is 0 Å². The average molecular weight is 689 g/mol. The molecule has 4 N–H and O–H groups in total. The molecule has 0 aromatic rings. The summed E-state index contributed by atoms with van der Waals surface area (Å²) in [6.45, 7) is 24.5. The molecule has 0 spiro atoms. The van der Waals surface area contributed by atoms with Gasteiger partial charge in [-0.25, -0.2) is 4.79 Å². The van der Waals surface area contributed by atoms with Gasteiger partial charge in [0.25, 0.3) is 0 Å². The number of hydrogen-bond donors (Lipinski definition) is 4. The quantitative estimate of drug-likeness (QED) is 0.183. The van der Waals surface area contributed by atoms with Crippen molar-refractivity contribution in [2.24, 2.45) is 45.3 Å². The highest BCUT2D eigenvalue weighted by Crippen LogP contribution is 2.76. The van der Waals surface area contributed by atoms with Gasteiger partial charge in [0, 0.05) is 19.0 Å². The topological polar surface area (TPSA) is 117 Å². The highest BCUT2D eigenvalue weighted by Gasteiger charge is 2.72. The Labute approximate surface area is 298 Å². The molecule has 0 aromatic heterocycles. The fourth-order valence-electron chi connectivity index (χ4n) is 12.7. The lowest BCUT2D eigenvalue weighted by Gasteiger charge is -2.71. The van der Waals surface area contributed by atoms with Crippen molar-refractivity contribution in [1.29, 1.82) is 0 Å². The van der Waals surface area contributed by atoms with E-state index in [1.165, 1.54) is 0 Å². The van der Waals surface area contributed by atoms with Gasteiger partial charge in [0.15, 0.2) is 0 Å². The van der Waals surface area contributed by atoms with E-state index in [1.54, 1.807) is 0 Å². The van der Waals surface area contributed by atoms with Crippen LogP contribution in [0.3, 0.4) is 0 Å². The lowest BCUT2D eigenvalue weighted by Crippen LogP contribution is -2.67. The maximum atomic E-state index is 13.2. The number of ether oxygens (including phenoxy) is 2. The van der Waals surface area contributed by atoms with Crippen LogP contribution in [0.4, 0.5) is 4.79 Å². The standard InChI is InChI=1S/C41H72N2O6/c1-35(2,3)49-34(46)42-24-14-12-13-15-32(45)43-30-18-20-38(8)28(36(30,4)5)17-22-39(9)29(38)25-27(44)33-26(16-21-40(33,39)10)41(11)23-19-31(48-41)37(6,7)47/h26-31,33,44,47H,12-25H2,1-11H3,(H,42,46)(H,43,45)/t26?,27-,28+,29-,30+,31-,33+,38+,39-,40-,41+/m1/s1. The summed E-state index contributed by atoms with van der Waals surface area (Å²) < 4.78 is 12.0. The highest BCUT2D eigenvalue weighted by atomic mass is 16.6. The summed E-state index contributed by atoms with van der Waals surface area (Å²) in [6, 6.07) is 0.146. The first kappa shape index (κ1) is 38.8. The van der Waals surface area contributed by atoms with E-state index in [1.807, 2.05) is 34.6 Å². The third-order valence-electron chi connectivity index (χ3n) is 15.4. The number of hydrogen-bond acceptors (Lipinski definition) is 6. The lowest BCUT2D eigenvalue weighted by molar-refractivity contribution is -0.240. The first-order chi connectivity index (χ1) is 22.5. The molecule has 0 radical (unpaired) electrons. The smallest absolute Gasteiger partial charge is 0.407 e. The van der Waals surface area contributed by atoms with Gasteiger partial charge in [-0.2, -0.15) is 0 Å². The second-order valence-corrected chi connectivity index (χ2v) is 20.3. The van der Waals surface area contributed by atoms with Gasteiger partial charge >= 0.3 is 6.09 Å². The predicted molar refractivity (Wildman–Crippen MR) is 194 cm³/mol. The van der Waals surface area contributed by atoms with Gasteiger partial charge < -0.3 is 30.3 Å². The van der Waals surface area contributed by atoms with Crippen molar-refractivity contribution in [1.82, 2.24) is 10.6 Å². The molecule has 282 valence electrons. The van der Waals surface area contributed by atoms with Crippen LogP contribution in [0.1, 0.15) is 160 Å². The Hall–Kier alpha value is -1.38. The molecule has 8 nitrogen and oxygen atoms in total. The molecule has 4 aliphatic carbocycles. The van der Waals surface area contributed by atoms with Crippen molar-refractivity contribution < 1.29 is 29.3 Å². The Morgan fingerprint density at radius 1 is 0.837 bits per heavy atom. The van der Waals surface area contributed by atoms with Crippen molar-refractivity contribution in [3.05, 3.63) is 0 Å². The minimum Gasteiger partial charge on any atom is -0.444 e. The van der Waals surface area contributed by atoms with Gasteiger partial charge in [-0.3, -0.25) is 4.79 Å². The number of carbonyl (C=O) groups excluding carboxylic acids is 2. The van der Waals surface area contributed by atoms with E-state index in [-0.39, 0.29) is 57.3 Å². The van der Waals surface area contributed by atoms with Crippen molar-refractivity contribution >= 4 is 12.0 Å². The zero-order valence-electron chi connectivity index (χ0n) is 33.0. The van der Waals surface area contributed by atoms with Crippen molar-refractivity contribution in [3.63, 3.8) is 0 Å². The fourth-order valence-corrected chi connectivity index (χ4v) is 12.7. The second-order valence-electron chi connectivity index (χ2n) is 20.3. The third kappa shape index (κ3) is 7.06. The summed E-state index contributed by atoms with van der Waals surface area (Å²) in [5.41, 5.74) is -1.45. The first-order valence-electron chi connectivity index (χ1n) is 19.8. The van der Waals surface area contributed by atoms with Gasteiger partial charge in [0.1, 0.15) is 5.60 Å². The molecule has 5 fully saturated rings.